The van der Waals surface area contributed by atoms with E-state index in [-0.39, 0.29) is 0 Å². The Morgan fingerprint density at radius 3 is 1.27 bits per heavy atom. The summed E-state index contributed by atoms with van der Waals surface area (Å²) in [6, 6.07) is 45.6. The van der Waals surface area contributed by atoms with E-state index in [0.29, 0.717) is 9.79 Å². The van der Waals surface area contributed by atoms with Crippen molar-refractivity contribution in [2.24, 2.45) is 0 Å². The molecule has 1 aromatic heterocycles. The first kappa shape index (κ1) is 30.2. The van der Waals surface area contributed by atoms with E-state index in [4.69, 9.17) is 0 Å². The summed E-state index contributed by atoms with van der Waals surface area (Å²) in [7, 11) is -3.76. The van der Waals surface area contributed by atoms with Crippen molar-refractivity contribution in [1.82, 2.24) is 0 Å². The molecule has 0 saturated carbocycles. The Bertz CT molecular complexity index is 2340. The van der Waals surface area contributed by atoms with Crippen molar-refractivity contribution < 1.29 is 8.42 Å². The molecule has 6 heteroatoms. The molecule has 0 amide bonds. The molecule has 8 rings (SSSR count). The number of anilines is 6. The molecule has 1 aliphatic rings. The second-order valence-corrected chi connectivity index (χ2v) is 15.5. The number of hydrogen-bond donors (Lipinski definition) is 0. The number of aryl methyl sites for hydroxylation is 4. The molecule has 1 aliphatic heterocycles. The summed E-state index contributed by atoms with van der Waals surface area (Å²) in [5.41, 5.74) is 11.3. The van der Waals surface area contributed by atoms with Gasteiger partial charge in [0.15, 0.2) is 0 Å². The molecule has 2 heterocycles. The van der Waals surface area contributed by atoms with Crippen molar-refractivity contribution in [2.75, 3.05) is 9.80 Å². The van der Waals surface area contributed by atoms with E-state index in [9.17, 15) is 8.42 Å². The van der Waals surface area contributed by atoms with Crippen molar-refractivity contribution in [1.29, 1.82) is 0 Å². The Labute approximate surface area is 286 Å². The van der Waals surface area contributed by atoms with Gasteiger partial charge in [-0.3, -0.25) is 0 Å². The summed E-state index contributed by atoms with van der Waals surface area (Å²) in [6.07, 6.45) is 0. The quantitative estimate of drug-likeness (QED) is 0.178. The van der Waals surface area contributed by atoms with Gasteiger partial charge in [0.1, 0.15) is 0 Å². The van der Waals surface area contributed by atoms with Crippen LogP contribution in [0.2, 0.25) is 0 Å². The van der Waals surface area contributed by atoms with Gasteiger partial charge in [-0.25, -0.2) is 8.42 Å². The van der Waals surface area contributed by atoms with Gasteiger partial charge in [-0.1, -0.05) is 82.9 Å². The number of nitrogens with zero attached hydrogens (tertiary/aromatic N) is 2. The third kappa shape index (κ3) is 5.09. The Morgan fingerprint density at radius 2 is 0.833 bits per heavy atom. The van der Waals surface area contributed by atoms with Crippen LogP contribution in [0.25, 0.3) is 20.5 Å². The van der Waals surface area contributed by atoms with Gasteiger partial charge < -0.3 is 9.80 Å². The number of benzene rings is 6. The minimum absolute atomic E-state index is 0.359. The summed E-state index contributed by atoms with van der Waals surface area (Å²) in [4.78, 5) is 5.92. The van der Waals surface area contributed by atoms with Crippen LogP contribution in [-0.2, 0) is 9.84 Å². The van der Waals surface area contributed by atoms with Crippen LogP contribution in [0.5, 0.6) is 0 Å². The first-order valence-corrected chi connectivity index (χ1v) is 18.3. The first-order valence-electron chi connectivity index (χ1n) is 16.0. The molecular weight excluding hydrogens is 629 g/mol. The van der Waals surface area contributed by atoms with Crippen molar-refractivity contribution in [3.8, 4) is 10.4 Å². The highest BCUT2D eigenvalue weighted by atomic mass is 32.2. The lowest BCUT2D eigenvalue weighted by Crippen LogP contribution is -2.11. The van der Waals surface area contributed by atoms with Crippen LogP contribution in [0.1, 0.15) is 22.3 Å². The van der Waals surface area contributed by atoms with Gasteiger partial charge >= 0.3 is 0 Å². The lowest BCUT2D eigenvalue weighted by molar-refractivity contribution is 0.599. The van der Waals surface area contributed by atoms with Gasteiger partial charge in [0, 0.05) is 49.8 Å². The number of sulfone groups is 1. The number of thiophene rings is 1. The molecule has 48 heavy (non-hydrogen) atoms. The van der Waals surface area contributed by atoms with Gasteiger partial charge in [0.2, 0.25) is 9.84 Å². The fourth-order valence-corrected chi connectivity index (χ4v) is 10.0. The van der Waals surface area contributed by atoms with Crippen LogP contribution in [0.15, 0.2) is 143 Å². The molecule has 4 nitrogen and oxygen atoms in total. The van der Waals surface area contributed by atoms with Crippen LogP contribution < -0.4 is 9.80 Å². The number of fused-ring (bicyclic) bond motifs is 5. The largest absolute Gasteiger partial charge is 0.310 e. The second-order valence-electron chi connectivity index (χ2n) is 12.6. The molecule has 0 N–H and O–H groups in total. The standard InChI is InChI=1S/C42H34N2O2S2/c1-27-5-13-31(14-6-27)43(32-15-7-28(2)8-16-32)35-21-23-37-39(25-35)47-41-38-24-22-36(26-40(38)48(45,46)42(37)41)44(33-17-9-29(3)10-18-33)34-19-11-30(4)12-20-34/h5-26H,1-4H3. The zero-order valence-electron chi connectivity index (χ0n) is 27.2. The zero-order chi connectivity index (χ0) is 33.2. The third-order valence-corrected chi connectivity index (χ3v) is 12.3. The molecule has 0 radical (unpaired) electrons. The van der Waals surface area contributed by atoms with Gasteiger partial charge in [-0.2, -0.15) is 0 Å². The molecule has 0 atom stereocenters. The highest BCUT2D eigenvalue weighted by molar-refractivity contribution is 7.92. The predicted molar refractivity (Wildman–Crippen MR) is 201 cm³/mol. The summed E-state index contributed by atoms with van der Waals surface area (Å²) < 4.78 is 29.7. The van der Waals surface area contributed by atoms with E-state index >= 15 is 0 Å². The molecule has 0 unspecified atom stereocenters. The molecule has 6 aromatic carbocycles. The normalized spacial score (nSPS) is 12.9. The minimum Gasteiger partial charge on any atom is -0.310 e. The summed E-state index contributed by atoms with van der Waals surface area (Å²) in [6.45, 7) is 8.30. The zero-order valence-corrected chi connectivity index (χ0v) is 28.9. The monoisotopic (exact) mass is 662 g/mol. The van der Waals surface area contributed by atoms with Crippen molar-refractivity contribution in [2.45, 2.75) is 37.5 Å². The first-order chi connectivity index (χ1) is 23.2. The highest BCUT2D eigenvalue weighted by Gasteiger charge is 2.37. The van der Waals surface area contributed by atoms with Gasteiger partial charge in [-0.15, -0.1) is 11.3 Å². The summed E-state index contributed by atoms with van der Waals surface area (Å²) in [5.74, 6) is 0. The predicted octanol–water partition coefficient (Wildman–Crippen LogP) is 11.9. The Kier molecular flexibility index (Phi) is 7.24. The SMILES string of the molecule is Cc1ccc(N(c2ccc(C)cc2)c2ccc3c(c2)S(=O)(=O)c2c-3sc3cc(N(c4ccc(C)cc4)c4ccc(C)cc4)ccc23)cc1. The fraction of sp³-hybridized carbons (Fsp3) is 0.0952. The molecule has 0 saturated heterocycles. The van der Waals surface area contributed by atoms with Crippen LogP contribution in [0, 0.1) is 27.7 Å². The molecule has 236 valence electrons. The van der Waals surface area contributed by atoms with Gasteiger partial charge in [-0.05, 0) is 100 Å². The van der Waals surface area contributed by atoms with E-state index in [1.54, 1.807) is 11.3 Å². The fourth-order valence-electron chi connectivity index (χ4n) is 6.48. The van der Waals surface area contributed by atoms with Crippen LogP contribution in [0.3, 0.4) is 0 Å². The number of rotatable bonds is 6. The van der Waals surface area contributed by atoms with Gasteiger partial charge in [0.25, 0.3) is 0 Å². The van der Waals surface area contributed by atoms with Crippen LogP contribution in [-0.4, -0.2) is 8.42 Å². The number of hydrogen-bond acceptors (Lipinski definition) is 5. The molecular formula is C42H34N2O2S2. The lowest BCUT2D eigenvalue weighted by atomic mass is 10.1. The maximum Gasteiger partial charge on any atom is 0.209 e. The van der Waals surface area contributed by atoms with Crippen molar-refractivity contribution in [3.05, 3.63) is 156 Å². The summed E-state index contributed by atoms with van der Waals surface area (Å²) >= 11 is 1.55. The molecule has 0 spiro atoms. The molecule has 0 bridgehead atoms. The molecule has 7 aromatic rings. The van der Waals surface area contributed by atoms with Gasteiger partial charge in [0.05, 0.1) is 14.7 Å². The summed E-state index contributed by atoms with van der Waals surface area (Å²) in [5, 5.41) is 0.762. The van der Waals surface area contributed by atoms with E-state index in [1.807, 2.05) is 30.3 Å². The van der Waals surface area contributed by atoms with Crippen molar-refractivity contribution >= 4 is 65.4 Å². The topological polar surface area (TPSA) is 40.6 Å². The van der Waals surface area contributed by atoms with Crippen LogP contribution >= 0.6 is 11.3 Å². The molecule has 0 fully saturated rings. The van der Waals surface area contributed by atoms with E-state index in [1.165, 1.54) is 22.3 Å². The lowest BCUT2D eigenvalue weighted by Gasteiger charge is -2.26. The minimum atomic E-state index is -3.76. The smallest absolute Gasteiger partial charge is 0.209 e. The third-order valence-electron chi connectivity index (χ3n) is 9.08. The second kappa shape index (κ2) is 11.5. The van der Waals surface area contributed by atoms with E-state index in [2.05, 4.69) is 141 Å². The maximum atomic E-state index is 14.4. The van der Waals surface area contributed by atoms with Crippen LogP contribution in [0.4, 0.5) is 34.1 Å². The van der Waals surface area contributed by atoms with E-state index < -0.39 is 9.84 Å². The highest BCUT2D eigenvalue weighted by Crippen LogP contribution is 2.53. The molecule has 0 aliphatic carbocycles. The Morgan fingerprint density at radius 1 is 0.458 bits per heavy atom. The van der Waals surface area contributed by atoms with E-state index in [0.717, 1.165) is 54.7 Å². The Hall–Kier alpha value is -5.17. The van der Waals surface area contributed by atoms with Crippen molar-refractivity contribution in [3.63, 3.8) is 0 Å². The average molecular weight is 663 g/mol. The maximum absolute atomic E-state index is 14.4. The Balaban J connectivity index is 1.24. The average Bonchev–Trinajstić information content (AvgIpc) is 3.57.